The molecule has 0 bridgehead atoms. The van der Waals surface area contributed by atoms with Gasteiger partial charge < -0.3 is 10.2 Å². The third-order valence-electron chi connectivity index (χ3n) is 3.78. The van der Waals surface area contributed by atoms with E-state index in [0.29, 0.717) is 0 Å². The Morgan fingerprint density at radius 2 is 1.93 bits per heavy atom. The van der Waals surface area contributed by atoms with E-state index in [0.717, 1.165) is 11.3 Å². The zero-order valence-corrected chi connectivity index (χ0v) is 10.7. The first kappa shape index (κ1) is 11.7. The van der Waals surface area contributed by atoms with E-state index < -0.39 is 0 Å². The lowest BCUT2D eigenvalue weighted by Crippen LogP contribution is -2.38. The van der Waals surface area contributed by atoms with Crippen LogP contribution in [0, 0.1) is 0 Å². The van der Waals surface area contributed by atoms with Gasteiger partial charge in [0.05, 0.1) is 0 Å². The molecular weight excluding hydrogens is 204 g/mol. The Hall–Kier alpha value is 0.270. The predicted molar refractivity (Wildman–Crippen MR) is 68.6 cm³/mol. The average Bonchev–Trinajstić information content (AvgIpc) is 2.16. The fraction of sp³-hybridized carbons (Fsp3) is 1.00. The fourth-order valence-corrected chi connectivity index (χ4v) is 3.63. The fourth-order valence-electron chi connectivity index (χ4n) is 2.34. The minimum absolute atomic E-state index is 0.915. The van der Waals surface area contributed by atoms with E-state index in [1.54, 1.807) is 0 Å². The molecule has 3 heteroatoms. The Morgan fingerprint density at radius 3 is 2.53 bits per heavy atom. The largest absolute Gasteiger partial charge is 0.317 e. The van der Waals surface area contributed by atoms with Crippen LogP contribution in [-0.2, 0) is 0 Å². The lowest BCUT2D eigenvalue weighted by molar-refractivity contribution is 0.169. The van der Waals surface area contributed by atoms with Crippen LogP contribution in [-0.4, -0.2) is 48.6 Å². The zero-order chi connectivity index (χ0) is 10.5. The van der Waals surface area contributed by atoms with Gasteiger partial charge in [0, 0.05) is 23.6 Å². The quantitative estimate of drug-likeness (QED) is 0.774. The van der Waals surface area contributed by atoms with Gasteiger partial charge >= 0.3 is 0 Å². The lowest BCUT2D eigenvalue weighted by atomic mass is 9.92. The minimum Gasteiger partial charge on any atom is -0.317 e. The Morgan fingerprint density at radius 1 is 1.20 bits per heavy atom. The third kappa shape index (κ3) is 3.65. The maximum absolute atomic E-state index is 3.43. The molecule has 2 aliphatic rings. The number of thioether (sulfide) groups is 1. The number of rotatable bonds is 5. The summed E-state index contributed by atoms with van der Waals surface area (Å²) in [6, 6.07) is 0.915. The van der Waals surface area contributed by atoms with Crippen LogP contribution in [0.1, 0.15) is 32.1 Å². The standard InChI is InChI=1S/C12H24N2S/c1-14(11-3-2-4-11)9-10-15-12-5-7-13-8-6-12/h11-13H,2-10H2,1H3. The molecule has 0 radical (unpaired) electrons. The van der Waals surface area contributed by atoms with E-state index in [-0.39, 0.29) is 0 Å². The first-order valence-electron chi connectivity index (χ1n) is 6.39. The summed E-state index contributed by atoms with van der Waals surface area (Å²) < 4.78 is 0. The highest BCUT2D eigenvalue weighted by Gasteiger charge is 2.21. The van der Waals surface area contributed by atoms with Crippen molar-refractivity contribution < 1.29 is 0 Å². The molecule has 2 nitrogen and oxygen atoms in total. The highest BCUT2D eigenvalue weighted by molar-refractivity contribution is 7.99. The summed E-state index contributed by atoms with van der Waals surface area (Å²) in [5.41, 5.74) is 0. The molecule has 1 N–H and O–H groups in total. The van der Waals surface area contributed by atoms with Gasteiger partial charge in [-0.15, -0.1) is 0 Å². The summed E-state index contributed by atoms with van der Waals surface area (Å²) in [7, 11) is 2.30. The van der Waals surface area contributed by atoms with Crippen LogP contribution in [0.25, 0.3) is 0 Å². The van der Waals surface area contributed by atoms with E-state index in [9.17, 15) is 0 Å². The van der Waals surface area contributed by atoms with Gasteiger partial charge in [-0.25, -0.2) is 0 Å². The maximum Gasteiger partial charge on any atom is 0.00925 e. The smallest absolute Gasteiger partial charge is 0.00925 e. The van der Waals surface area contributed by atoms with E-state index in [4.69, 9.17) is 0 Å². The van der Waals surface area contributed by atoms with Crippen molar-refractivity contribution in [1.29, 1.82) is 0 Å². The van der Waals surface area contributed by atoms with Crippen LogP contribution in [0.4, 0.5) is 0 Å². The van der Waals surface area contributed by atoms with Gasteiger partial charge in [0.15, 0.2) is 0 Å². The normalized spacial score (nSPS) is 24.4. The minimum atomic E-state index is 0.915. The second kappa shape index (κ2) is 6.12. The highest BCUT2D eigenvalue weighted by atomic mass is 32.2. The van der Waals surface area contributed by atoms with Crippen molar-refractivity contribution in [1.82, 2.24) is 10.2 Å². The van der Waals surface area contributed by atoms with Crippen molar-refractivity contribution in [3.63, 3.8) is 0 Å². The SMILES string of the molecule is CN(CCSC1CCNCC1)C1CCC1. The summed E-state index contributed by atoms with van der Waals surface area (Å²) in [5.74, 6) is 1.33. The molecule has 2 rings (SSSR count). The molecule has 0 spiro atoms. The molecule has 1 aliphatic heterocycles. The van der Waals surface area contributed by atoms with Crippen molar-refractivity contribution in [2.24, 2.45) is 0 Å². The van der Waals surface area contributed by atoms with Gasteiger partial charge in [0.1, 0.15) is 0 Å². The summed E-state index contributed by atoms with van der Waals surface area (Å²) >= 11 is 2.20. The van der Waals surface area contributed by atoms with E-state index in [1.807, 2.05) is 0 Å². The first-order chi connectivity index (χ1) is 7.36. The molecule has 0 aromatic carbocycles. The average molecular weight is 228 g/mol. The number of nitrogens with one attached hydrogen (secondary N) is 1. The maximum atomic E-state index is 3.43. The number of piperidine rings is 1. The molecule has 1 saturated carbocycles. The first-order valence-corrected chi connectivity index (χ1v) is 7.43. The van der Waals surface area contributed by atoms with Crippen molar-refractivity contribution in [3.05, 3.63) is 0 Å². The van der Waals surface area contributed by atoms with Crippen molar-refractivity contribution in [2.75, 3.05) is 32.4 Å². The van der Waals surface area contributed by atoms with Gasteiger partial charge in [-0.3, -0.25) is 0 Å². The van der Waals surface area contributed by atoms with E-state index in [2.05, 4.69) is 29.0 Å². The predicted octanol–water partition coefficient (Wildman–Crippen LogP) is 1.96. The third-order valence-corrected chi connectivity index (χ3v) is 5.14. The van der Waals surface area contributed by atoms with E-state index in [1.165, 1.54) is 57.5 Å². The van der Waals surface area contributed by atoms with Gasteiger partial charge in [-0.2, -0.15) is 11.8 Å². The molecule has 0 amide bonds. The van der Waals surface area contributed by atoms with Crippen LogP contribution >= 0.6 is 11.8 Å². The molecule has 1 heterocycles. The second-order valence-electron chi connectivity index (χ2n) is 4.89. The van der Waals surface area contributed by atoms with Crippen molar-refractivity contribution in [2.45, 2.75) is 43.4 Å². The second-order valence-corrected chi connectivity index (χ2v) is 6.29. The number of nitrogens with zero attached hydrogens (tertiary/aromatic N) is 1. The topological polar surface area (TPSA) is 15.3 Å². The Labute approximate surface area is 98.2 Å². The van der Waals surface area contributed by atoms with Crippen LogP contribution in [0.5, 0.6) is 0 Å². The van der Waals surface area contributed by atoms with Crippen LogP contribution in [0.2, 0.25) is 0 Å². The lowest BCUT2D eigenvalue weighted by Gasteiger charge is -2.35. The van der Waals surface area contributed by atoms with Gasteiger partial charge in [-0.05, 0) is 45.8 Å². The Kier molecular flexibility index (Phi) is 4.79. The van der Waals surface area contributed by atoms with Gasteiger partial charge in [-0.1, -0.05) is 6.42 Å². The highest BCUT2D eigenvalue weighted by Crippen LogP contribution is 2.25. The zero-order valence-electron chi connectivity index (χ0n) is 9.87. The molecule has 0 unspecified atom stereocenters. The summed E-state index contributed by atoms with van der Waals surface area (Å²) in [5, 5.41) is 4.36. The molecule has 1 saturated heterocycles. The summed E-state index contributed by atoms with van der Waals surface area (Å²) in [6.45, 7) is 3.76. The van der Waals surface area contributed by atoms with Crippen LogP contribution in [0.3, 0.4) is 0 Å². The van der Waals surface area contributed by atoms with Crippen molar-refractivity contribution >= 4 is 11.8 Å². The molecule has 2 fully saturated rings. The molecule has 0 atom stereocenters. The molecule has 0 aromatic heterocycles. The van der Waals surface area contributed by atoms with Crippen molar-refractivity contribution in [3.8, 4) is 0 Å². The molecule has 15 heavy (non-hydrogen) atoms. The summed E-state index contributed by atoms with van der Waals surface area (Å²) in [6.07, 6.45) is 7.08. The van der Waals surface area contributed by atoms with E-state index >= 15 is 0 Å². The Balaban J connectivity index is 1.53. The number of hydrogen-bond donors (Lipinski definition) is 1. The number of hydrogen-bond acceptors (Lipinski definition) is 3. The molecule has 0 aromatic rings. The van der Waals surface area contributed by atoms with Gasteiger partial charge in [0.25, 0.3) is 0 Å². The molecular formula is C12H24N2S. The molecule has 88 valence electrons. The monoisotopic (exact) mass is 228 g/mol. The van der Waals surface area contributed by atoms with Crippen LogP contribution in [0.15, 0.2) is 0 Å². The Bertz CT molecular complexity index is 174. The van der Waals surface area contributed by atoms with Gasteiger partial charge in [0.2, 0.25) is 0 Å². The van der Waals surface area contributed by atoms with Crippen LogP contribution < -0.4 is 5.32 Å². The summed E-state index contributed by atoms with van der Waals surface area (Å²) in [4.78, 5) is 2.57. The molecule has 1 aliphatic carbocycles.